The third-order valence-corrected chi connectivity index (χ3v) is 4.14. The molecule has 0 heterocycles. The number of rotatable bonds is 5. The molecule has 3 unspecified atom stereocenters. The zero-order valence-corrected chi connectivity index (χ0v) is 9.48. The first-order valence-electron chi connectivity index (χ1n) is 6.05. The maximum Gasteiger partial charge on any atom is 0.304 e. The van der Waals surface area contributed by atoms with Crippen molar-refractivity contribution in [2.75, 3.05) is 20.1 Å². The first-order chi connectivity index (χ1) is 7.15. The molecule has 0 aliphatic heterocycles. The smallest absolute Gasteiger partial charge is 0.304 e. The second-order valence-electron chi connectivity index (χ2n) is 5.34. The first kappa shape index (κ1) is 10.9. The van der Waals surface area contributed by atoms with Crippen LogP contribution in [0.3, 0.4) is 0 Å². The van der Waals surface area contributed by atoms with Gasteiger partial charge in [0.2, 0.25) is 0 Å². The van der Waals surface area contributed by atoms with Gasteiger partial charge in [0, 0.05) is 13.1 Å². The van der Waals surface area contributed by atoms with Crippen molar-refractivity contribution in [1.82, 2.24) is 4.90 Å². The number of nitrogens with zero attached hydrogens (tertiary/aromatic N) is 1. The molecule has 0 aromatic rings. The Hall–Kier alpha value is -0.570. The molecule has 0 radical (unpaired) electrons. The molecular weight excluding hydrogens is 190 g/mol. The minimum atomic E-state index is -0.685. The largest absolute Gasteiger partial charge is 0.481 e. The summed E-state index contributed by atoms with van der Waals surface area (Å²) in [6.45, 7) is 1.80. The lowest BCUT2D eigenvalue weighted by atomic mass is 9.88. The van der Waals surface area contributed by atoms with E-state index in [-0.39, 0.29) is 6.42 Å². The summed E-state index contributed by atoms with van der Waals surface area (Å²) in [5, 5.41) is 8.60. The van der Waals surface area contributed by atoms with Crippen LogP contribution in [0.1, 0.15) is 32.1 Å². The molecule has 2 fully saturated rings. The Balaban J connectivity index is 1.70. The Morgan fingerprint density at radius 1 is 1.40 bits per heavy atom. The van der Waals surface area contributed by atoms with Gasteiger partial charge in [0.1, 0.15) is 0 Å². The average Bonchev–Trinajstić information content (AvgIpc) is 2.76. The second-order valence-corrected chi connectivity index (χ2v) is 5.34. The van der Waals surface area contributed by atoms with Crippen molar-refractivity contribution in [3.63, 3.8) is 0 Å². The van der Waals surface area contributed by atoms with Crippen LogP contribution in [0, 0.1) is 17.8 Å². The molecule has 3 nitrogen and oxygen atoms in total. The molecule has 2 rings (SSSR count). The molecule has 2 saturated carbocycles. The normalized spacial score (nSPS) is 33.9. The number of hydrogen-bond donors (Lipinski definition) is 1. The second kappa shape index (κ2) is 4.52. The third kappa shape index (κ3) is 2.71. The van der Waals surface area contributed by atoms with Crippen LogP contribution < -0.4 is 0 Å². The molecule has 0 spiro atoms. The summed E-state index contributed by atoms with van der Waals surface area (Å²) in [5.74, 6) is 2.10. The molecule has 2 aliphatic carbocycles. The van der Waals surface area contributed by atoms with Crippen molar-refractivity contribution in [2.45, 2.75) is 32.1 Å². The van der Waals surface area contributed by atoms with Crippen LogP contribution in [0.15, 0.2) is 0 Å². The van der Waals surface area contributed by atoms with E-state index in [1.807, 2.05) is 0 Å². The molecule has 0 aromatic heterocycles. The quantitative estimate of drug-likeness (QED) is 0.754. The van der Waals surface area contributed by atoms with Crippen molar-refractivity contribution in [3.8, 4) is 0 Å². The van der Waals surface area contributed by atoms with Crippen LogP contribution >= 0.6 is 0 Å². The van der Waals surface area contributed by atoms with Gasteiger partial charge >= 0.3 is 5.97 Å². The van der Waals surface area contributed by atoms with Gasteiger partial charge in [0.15, 0.2) is 0 Å². The highest BCUT2D eigenvalue weighted by Gasteiger charge is 2.39. The van der Waals surface area contributed by atoms with Gasteiger partial charge in [0.05, 0.1) is 6.42 Å². The van der Waals surface area contributed by atoms with E-state index in [9.17, 15) is 4.79 Å². The number of carboxylic acids is 1. The fourth-order valence-electron chi connectivity index (χ4n) is 3.38. The lowest BCUT2D eigenvalue weighted by Crippen LogP contribution is -2.30. The summed E-state index contributed by atoms with van der Waals surface area (Å²) < 4.78 is 0. The van der Waals surface area contributed by atoms with Crippen LogP contribution in [0.4, 0.5) is 0 Å². The van der Waals surface area contributed by atoms with Crippen LogP contribution in [0.5, 0.6) is 0 Å². The van der Waals surface area contributed by atoms with E-state index in [1.165, 1.54) is 25.7 Å². The third-order valence-electron chi connectivity index (χ3n) is 4.14. The predicted octanol–water partition coefficient (Wildman–Crippen LogP) is 1.83. The minimum Gasteiger partial charge on any atom is -0.481 e. The Bertz CT molecular complexity index is 242. The van der Waals surface area contributed by atoms with E-state index < -0.39 is 5.97 Å². The first-order valence-corrected chi connectivity index (χ1v) is 6.05. The van der Waals surface area contributed by atoms with Gasteiger partial charge in [-0.3, -0.25) is 4.79 Å². The fourth-order valence-corrected chi connectivity index (χ4v) is 3.38. The van der Waals surface area contributed by atoms with Crippen molar-refractivity contribution in [2.24, 2.45) is 17.8 Å². The lowest BCUT2D eigenvalue weighted by Gasteiger charge is -2.26. The van der Waals surface area contributed by atoms with Crippen LogP contribution in [0.2, 0.25) is 0 Å². The summed E-state index contributed by atoms with van der Waals surface area (Å²) in [6, 6.07) is 0. The average molecular weight is 211 g/mol. The van der Waals surface area contributed by atoms with Gasteiger partial charge in [0.25, 0.3) is 0 Å². The number of fused-ring (bicyclic) bond motifs is 2. The molecule has 1 N–H and O–H groups in total. The summed E-state index contributed by atoms with van der Waals surface area (Å²) in [4.78, 5) is 12.6. The van der Waals surface area contributed by atoms with Crippen LogP contribution in [-0.2, 0) is 4.79 Å². The topological polar surface area (TPSA) is 40.5 Å². The Labute approximate surface area is 91.5 Å². The maximum absolute atomic E-state index is 10.4. The van der Waals surface area contributed by atoms with Gasteiger partial charge in [-0.1, -0.05) is 6.42 Å². The summed E-state index contributed by atoms with van der Waals surface area (Å²) >= 11 is 0. The lowest BCUT2D eigenvalue weighted by molar-refractivity contribution is -0.137. The summed E-state index contributed by atoms with van der Waals surface area (Å²) in [7, 11) is 2.05. The highest BCUT2D eigenvalue weighted by molar-refractivity contribution is 5.66. The van der Waals surface area contributed by atoms with Crippen molar-refractivity contribution >= 4 is 5.97 Å². The zero-order chi connectivity index (χ0) is 10.8. The highest BCUT2D eigenvalue weighted by Crippen LogP contribution is 2.48. The molecule has 15 heavy (non-hydrogen) atoms. The van der Waals surface area contributed by atoms with E-state index in [2.05, 4.69) is 11.9 Å². The van der Waals surface area contributed by atoms with Gasteiger partial charge in [-0.2, -0.15) is 0 Å². The number of carbonyl (C=O) groups is 1. The molecule has 2 aliphatic rings. The summed E-state index contributed by atoms with van der Waals surface area (Å²) in [6.07, 6.45) is 5.97. The van der Waals surface area contributed by atoms with E-state index in [4.69, 9.17) is 5.11 Å². The predicted molar refractivity (Wildman–Crippen MR) is 58.7 cm³/mol. The molecule has 0 saturated heterocycles. The SMILES string of the molecule is CN(CCC(=O)O)CC1CC2CCC1C2. The van der Waals surface area contributed by atoms with E-state index in [0.29, 0.717) is 6.54 Å². The maximum atomic E-state index is 10.4. The highest BCUT2D eigenvalue weighted by atomic mass is 16.4. The number of hydrogen-bond acceptors (Lipinski definition) is 2. The van der Waals surface area contributed by atoms with Crippen LogP contribution in [-0.4, -0.2) is 36.1 Å². The Morgan fingerprint density at radius 2 is 2.20 bits per heavy atom. The van der Waals surface area contributed by atoms with E-state index >= 15 is 0 Å². The van der Waals surface area contributed by atoms with Crippen LogP contribution in [0.25, 0.3) is 0 Å². The van der Waals surface area contributed by atoms with Gasteiger partial charge in [-0.15, -0.1) is 0 Å². The molecule has 86 valence electrons. The van der Waals surface area contributed by atoms with Crippen molar-refractivity contribution in [1.29, 1.82) is 0 Å². The zero-order valence-electron chi connectivity index (χ0n) is 9.48. The monoisotopic (exact) mass is 211 g/mol. The Morgan fingerprint density at radius 3 is 2.73 bits per heavy atom. The molecule has 2 bridgehead atoms. The fraction of sp³-hybridized carbons (Fsp3) is 0.917. The van der Waals surface area contributed by atoms with E-state index in [1.54, 1.807) is 0 Å². The van der Waals surface area contributed by atoms with Gasteiger partial charge in [-0.05, 0) is 44.1 Å². The molecular formula is C12H21NO2. The molecule has 0 aromatic carbocycles. The summed E-state index contributed by atoms with van der Waals surface area (Å²) in [5.41, 5.74) is 0. The molecule has 3 heteroatoms. The molecule has 0 amide bonds. The van der Waals surface area contributed by atoms with E-state index in [0.717, 1.165) is 24.3 Å². The standard InChI is InChI=1S/C12H21NO2/c1-13(5-4-12(14)15)8-11-7-9-2-3-10(11)6-9/h9-11H,2-8H2,1H3,(H,14,15). The van der Waals surface area contributed by atoms with Gasteiger partial charge < -0.3 is 10.0 Å². The van der Waals surface area contributed by atoms with Crippen molar-refractivity contribution in [3.05, 3.63) is 0 Å². The van der Waals surface area contributed by atoms with Gasteiger partial charge in [-0.25, -0.2) is 0 Å². The number of aliphatic carboxylic acids is 1. The Kier molecular flexibility index (Phi) is 3.29. The van der Waals surface area contributed by atoms with Crippen molar-refractivity contribution < 1.29 is 9.90 Å². The number of carboxylic acid groups (broad SMARTS) is 1. The minimum absolute atomic E-state index is 0.275. The molecule has 3 atom stereocenters.